The van der Waals surface area contributed by atoms with Crippen LogP contribution in [0.3, 0.4) is 0 Å². The predicted molar refractivity (Wildman–Crippen MR) is 78.8 cm³/mol. The van der Waals surface area contributed by atoms with E-state index in [0.717, 1.165) is 39.3 Å². The molecule has 1 N–H and O–H groups in total. The van der Waals surface area contributed by atoms with Crippen molar-refractivity contribution in [1.82, 2.24) is 15.1 Å². The van der Waals surface area contributed by atoms with E-state index in [2.05, 4.69) is 22.0 Å². The predicted octanol–water partition coefficient (Wildman–Crippen LogP) is 0.994. The molecule has 0 aromatic carbocycles. The van der Waals surface area contributed by atoms with Crippen molar-refractivity contribution in [2.24, 2.45) is 5.92 Å². The minimum absolute atomic E-state index is 0. The van der Waals surface area contributed by atoms with Crippen molar-refractivity contribution >= 4 is 30.7 Å². The number of carbonyl (C=O) groups excluding carboxylic acids is 1. The topological polar surface area (TPSA) is 35.6 Å². The highest BCUT2D eigenvalue weighted by Crippen LogP contribution is 2.15. The van der Waals surface area contributed by atoms with Gasteiger partial charge in [0.1, 0.15) is 0 Å². The average molecular weight is 298 g/mol. The fourth-order valence-electron chi connectivity index (χ4n) is 2.58. The SMILES string of the molecule is CC1CCCN(C(=O)CN2CCNCC2)C1.Cl.Cl. The zero-order chi connectivity index (χ0) is 11.4. The molecule has 18 heavy (non-hydrogen) atoms. The molecule has 1 amide bonds. The molecule has 2 saturated heterocycles. The molecule has 2 aliphatic rings. The molecular weight excluding hydrogens is 273 g/mol. The summed E-state index contributed by atoms with van der Waals surface area (Å²) in [6, 6.07) is 0. The number of amides is 1. The number of likely N-dealkylation sites (tertiary alicyclic amines) is 1. The molecule has 0 aromatic heterocycles. The third kappa shape index (κ3) is 5.31. The van der Waals surface area contributed by atoms with Crippen LogP contribution in [0.25, 0.3) is 0 Å². The van der Waals surface area contributed by atoms with E-state index in [1.165, 1.54) is 12.8 Å². The van der Waals surface area contributed by atoms with Crippen molar-refractivity contribution < 1.29 is 4.79 Å². The summed E-state index contributed by atoms with van der Waals surface area (Å²) in [7, 11) is 0. The van der Waals surface area contributed by atoms with Gasteiger partial charge in [0.25, 0.3) is 0 Å². The quantitative estimate of drug-likeness (QED) is 0.826. The van der Waals surface area contributed by atoms with Gasteiger partial charge < -0.3 is 10.2 Å². The van der Waals surface area contributed by atoms with Crippen molar-refractivity contribution in [2.75, 3.05) is 45.8 Å². The van der Waals surface area contributed by atoms with Gasteiger partial charge in [0.05, 0.1) is 6.54 Å². The highest BCUT2D eigenvalue weighted by Gasteiger charge is 2.22. The molecular formula is C12H25Cl2N3O. The fraction of sp³-hybridized carbons (Fsp3) is 0.917. The first kappa shape index (κ1) is 18.0. The highest BCUT2D eigenvalue weighted by molar-refractivity contribution is 5.85. The maximum absolute atomic E-state index is 12.1. The summed E-state index contributed by atoms with van der Waals surface area (Å²) < 4.78 is 0. The Bertz CT molecular complexity index is 247. The van der Waals surface area contributed by atoms with Crippen molar-refractivity contribution in [3.05, 3.63) is 0 Å². The standard InChI is InChI=1S/C12H23N3O.2ClH/c1-11-3-2-6-15(9-11)12(16)10-14-7-4-13-5-8-14;;/h11,13H,2-10H2,1H3;2*1H. The number of nitrogens with zero attached hydrogens (tertiary/aromatic N) is 2. The Labute approximate surface area is 122 Å². The average Bonchev–Trinajstić information content (AvgIpc) is 2.30. The van der Waals surface area contributed by atoms with Crippen LogP contribution in [-0.4, -0.2) is 61.5 Å². The Hall–Kier alpha value is -0.0300. The van der Waals surface area contributed by atoms with Crippen LogP contribution in [0.15, 0.2) is 0 Å². The first-order valence-corrected chi connectivity index (χ1v) is 6.46. The van der Waals surface area contributed by atoms with E-state index in [0.29, 0.717) is 18.4 Å². The minimum atomic E-state index is 0. The molecule has 0 aliphatic carbocycles. The van der Waals surface area contributed by atoms with E-state index < -0.39 is 0 Å². The van der Waals surface area contributed by atoms with Crippen LogP contribution in [0, 0.1) is 5.92 Å². The molecule has 108 valence electrons. The molecule has 4 nitrogen and oxygen atoms in total. The summed E-state index contributed by atoms with van der Waals surface area (Å²) in [4.78, 5) is 16.4. The minimum Gasteiger partial charge on any atom is -0.341 e. The zero-order valence-electron chi connectivity index (χ0n) is 11.1. The number of piperidine rings is 1. The third-order valence-electron chi connectivity index (χ3n) is 3.58. The van der Waals surface area contributed by atoms with Gasteiger partial charge in [0.2, 0.25) is 5.91 Å². The maximum Gasteiger partial charge on any atom is 0.236 e. The van der Waals surface area contributed by atoms with Crippen LogP contribution in [0.2, 0.25) is 0 Å². The van der Waals surface area contributed by atoms with Gasteiger partial charge in [-0.3, -0.25) is 9.69 Å². The van der Waals surface area contributed by atoms with Gasteiger partial charge in [0.15, 0.2) is 0 Å². The van der Waals surface area contributed by atoms with Crippen LogP contribution in [0.5, 0.6) is 0 Å². The second-order valence-corrected chi connectivity index (χ2v) is 5.11. The number of nitrogens with one attached hydrogen (secondary N) is 1. The Kier molecular flexibility index (Phi) is 8.95. The van der Waals surface area contributed by atoms with E-state index in [9.17, 15) is 4.79 Å². The molecule has 6 heteroatoms. The summed E-state index contributed by atoms with van der Waals surface area (Å²) in [6.07, 6.45) is 2.45. The first-order valence-electron chi connectivity index (χ1n) is 6.46. The Morgan fingerprint density at radius 1 is 1.22 bits per heavy atom. The number of carbonyl (C=O) groups is 1. The normalized spacial score (nSPS) is 24.9. The molecule has 2 rings (SSSR count). The van der Waals surface area contributed by atoms with Crippen molar-refractivity contribution in [3.8, 4) is 0 Å². The molecule has 1 unspecified atom stereocenters. The maximum atomic E-state index is 12.1. The molecule has 2 fully saturated rings. The lowest BCUT2D eigenvalue weighted by molar-refractivity contribution is -0.134. The van der Waals surface area contributed by atoms with E-state index >= 15 is 0 Å². The summed E-state index contributed by atoms with van der Waals surface area (Å²) in [5, 5.41) is 3.31. The van der Waals surface area contributed by atoms with Gasteiger partial charge in [-0.2, -0.15) is 0 Å². The Morgan fingerprint density at radius 3 is 2.50 bits per heavy atom. The second kappa shape index (κ2) is 8.97. The van der Waals surface area contributed by atoms with Gasteiger partial charge in [-0.15, -0.1) is 24.8 Å². The smallest absolute Gasteiger partial charge is 0.236 e. The number of halogens is 2. The number of hydrogen-bond acceptors (Lipinski definition) is 3. The molecule has 0 bridgehead atoms. The van der Waals surface area contributed by atoms with Gasteiger partial charge in [-0.05, 0) is 18.8 Å². The van der Waals surface area contributed by atoms with Gasteiger partial charge in [-0.1, -0.05) is 6.92 Å². The summed E-state index contributed by atoms with van der Waals surface area (Å²) in [6.45, 7) is 8.84. The molecule has 0 aromatic rings. The van der Waals surface area contributed by atoms with E-state index in [1.54, 1.807) is 0 Å². The molecule has 0 saturated carbocycles. The Balaban J connectivity index is 0.00000144. The second-order valence-electron chi connectivity index (χ2n) is 5.11. The summed E-state index contributed by atoms with van der Waals surface area (Å²) >= 11 is 0. The van der Waals surface area contributed by atoms with Gasteiger partial charge in [-0.25, -0.2) is 0 Å². The molecule has 2 heterocycles. The number of piperazine rings is 1. The monoisotopic (exact) mass is 297 g/mol. The van der Waals surface area contributed by atoms with Gasteiger partial charge >= 0.3 is 0 Å². The molecule has 2 aliphatic heterocycles. The van der Waals surface area contributed by atoms with E-state index in [1.807, 2.05) is 0 Å². The lowest BCUT2D eigenvalue weighted by Crippen LogP contribution is -2.49. The molecule has 0 radical (unpaired) electrons. The van der Waals surface area contributed by atoms with Crippen molar-refractivity contribution in [2.45, 2.75) is 19.8 Å². The van der Waals surface area contributed by atoms with E-state index in [-0.39, 0.29) is 24.8 Å². The highest BCUT2D eigenvalue weighted by atomic mass is 35.5. The van der Waals surface area contributed by atoms with Crippen LogP contribution in [-0.2, 0) is 4.79 Å². The molecule has 1 atom stereocenters. The van der Waals surface area contributed by atoms with E-state index in [4.69, 9.17) is 0 Å². The number of hydrogen-bond donors (Lipinski definition) is 1. The summed E-state index contributed by atoms with van der Waals surface area (Å²) in [5.41, 5.74) is 0. The van der Waals surface area contributed by atoms with Crippen molar-refractivity contribution in [1.29, 1.82) is 0 Å². The fourth-order valence-corrected chi connectivity index (χ4v) is 2.58. The third-order valence-corrected chi connectivity index (χ3v) is 3.58. The van der Waals surface area contributed by atoms with Gasteiger partial charge in [0, 0.05) is 39.3 Å². The lowest BCUT2D eigenvalue weighted by Gasteiger charge is -2.34. The largest absolute Gasteiger partial charge is 0.341 e. The van der Waals surface area contributed by atoms with Crippen molar-refractivity contribution in [3.63, 3.8) is 0 Å². The van der Waals surface area contributed by atoms with Crippen LogP contribution in [0.4, 0.5) is 0 Å². The lowest BCUT2D eigenvalue weighted by atomic mass is 10.0. The van der Waals surface area contributed by atoms with Crippen LogP contribution < -0.4 is 5.32 Å². The Morgan fingerprint density at radius 2 is 1.89 bits per heavy atom. The van der Waals surface area contributed by atoms with Crippen LogP contribution >= 0.6 is 24.8 Å². The van der Waals surface area contributed by atoms with Crippen LogP contribution in [0.1, 0.15) is 19.8 Å². The number of rotatable bonds is 2. The summed E-state index contributed by atoms with van der Waals surface area (Å²) in [5.74, 6) is 1.01. The zero-order valence-corrected chi connectivity index (χ0v) is 12.7. The first-order chi connectivity index (χ1) is 7.75. The molecule has 0 spiro atoms.